The lowest BCUT2D eigenvalue weighted by Gasteiger charge is -2.15. The van der Waals surface area contributed by atoms with E-state index in [2.05, 4.69) is 5.32 Å². The standard InChI is InChI=1S/C25H23N3O4/c1-30-22-14-18(15-23(31-2)24(22)32-3)26-25(29)21-16-20(17-10-6-4-7-11-17)27-28(21)19-12-8-5-9-13-19/h4-16H,1-3H3,(H,26,29). The Morgan fingerprint density at radius 3 is 1.97 bits per heavy atom. The summed E-state index contributed by atoms with van der Waals surface area (Å²) in [5.74, 6) is 1.03. The molecule has 7 nitrogen and oxygen atoms in total. The van der Waals surface area contributed by atoms with Gasteiger partial charge in [-0.2, -0.15) is 5.10 Å². The van der Waals surface area contributed by atoms with E-state index in [0.29, 0.717) is 34.3 Å². The highest BCUT2D eigenvalue weighted by molar-refractivity contribution is 6.04. The maximum atomic E-state index is 13.3. The normalized spacial score (nSPS) is 10.5. The number of benzene rings is 3. The minimum Gasteiger partial charge on any atom is -0.493 e. The van der Waals surface area contributed by atoms with Crippen molar-refractivity contribution in [3.63, 3.8) is 0 Å². The van der Waals surface area contributed by atoms with E-state index in [9.17, 15) is 4.79 Å². The third-order valence-electron chi connectivity index (χ3n) is 4.93. The van der Waals surface area contributed by atoms with Crippen LogP contribution in [0.3, 0.4) is 0 Å². The van der Waals surface area contributed by atoms with E-state index < -0.39 is 0 Å². The second-order valence-corrected chi connectivity index (χ2v) is 6.90. The number of hydrogen-bond donors (Lipinski definition) is 1. The number of rotatable bonds is 7. The van der Waals surface area contributed by atoms with Crippen LogP contribution < -0.4 is 19.5 Å². The fourth-order valence-corrected chi connectivity index (χ4v) is 3.41. The van der Waals surface area contributed by atoms with Gasteiger partial charge in [0.05, 0.1) is 32.7 Å². The molecule has 4 rings (SSSR count). The summed E-state index contributed by atoms with van der Waals surface area (Å²) >= 11 is 0. The van der Waals surface area contributed by atoms with Gasteiger partial charge in [0.15, 0.2) is 11.5 Å². The molecule has 1 N–H and O–H groups in total. The van der Waals surface area contributed by atoms with E-state index in [1.807, 2.05) is 60.7 Å². The third-order valence-corrected chi connectivity index (χ3v) is 4.93. The van der Waals surface area contributed by atoms with Crippen molar-refractivity contribution in [3.05, 3.63) is 84.6 Å². The Balaban J connectivity index is 1.74. The molecule has 0 aliphatic rings. The predicted octanol–water partition coefficient (Wildman–Crippen LogP) is 4.82. The summed E-state index contributed by atoms with van der Waals surface area (Å²) in [5.41, 5.74) is 3.30. The van der Waals surface area contributed by atoms with Gasteiger partial charge >= 0.3 is 0 Å². The van der Waals surface area contributed by atoms with Gasteiger partial charge < -0.3 is 19.5 Å². The number of carbonyl (C=O) groups is 1. The predicted molar refractivity (Wildman–Crippen MR) is 123 cm³/mol. The zero-order valence-electron chi connectivity index (χ0n) is 18.0. The molecule has 7 heteroatoms. The van der Waals surface area contributed by atoms with E-state index in [-0.39, 0.29) is 5.91 Å². The smallest absolute Gasteiger partial charge is 0.274 e. The van der Waals surface area contributed by atoms with Crippen molar-refractivity contribution in [1.82, 2.24) is 9.78 Å². The number of hydrogen-bond acceptors (Lipinski definition) is 5. The minimum atomic E-state index is -0.321. The second kappa shape index (κ2) is 9.26. The molecule has 0 radical (unpaired) electrons. The average molecular weight is 429 g/mol. The lowest BCUT2D eigenvalue weighted by molar-refractivity contribution is 0.101. The fraction of sp³-hybridized carbons (Fsp3) is 0.120. The first-order chi connectivity index (χ1) is 15.6. The number of ether oxygens (including phenoxy) is 3. The Morgan fingerprint density at radius 2 is 1.41 bits per heavy atom. The maximum absolute atomic E-state index is 13.3. The molecule has 0 saturated heterocycles. The molecule has 1 amide bonds. The number of para-hydroxylation sites is 1. The molecule has 0 fully saturated rings. The summed E-state index contributed by atoms with van der Waals surface area (Å²) < 4.78 is 17.8. The van der Waals surface area contributed by atoms with Gasteiger partial charge in [0.1, 0.15) is 5.69 Å². The van der Waals surface area contributed by atoms with Gasteiger partial charge in [-0.25, -0.2) is 4.68 Å². The molecule has 0 aliphatic carbocycles. The van der Waals surface area contributed by atoms with E-state index in [1.54, 1.807) is 22.9 Å². The second-order valence-electron chi connectivity index (χ2n) is 6.90. The number of carbonyl (C=O) groups excluding carboxylic acids is 1. The van der Waals surface area contributed by atoms with Crippen molar-refractivity contribution < 1.29 is 19.0 Å². The van der Waals surface area contributed by atoms with Gasteiger partial charge in [-0.05, 0) is 18.2 Å². The number of amides is 1. The van der Waals surface area contributed by atoms with Crippen LogP contribution in [0.5, 0.6) is 17.2 Å². The van der Waals surface area contributed by atoms with Crippen LogP contribution in [0.4, 0.5) is 5.69 Å². The average Bonchev–Trinajstić information content (AvgIpc) is 3.30. The number of aromatic nitrogens is 2. The molecule has 3 aromatic carbocycles. The van der Waals surface area contributed by atoms with Gasteiger partial charge in [-0.3, -0.25) is 4.79 Å². The van der Waals surface area contributed by atoms with Crippen molar-refractivity contribution >= 4 is 11.6 Å². The Hall–Kier alpha value is -4.26. The van der Waals surface area contributed by atoms with Gasteiger partial charge in [0, 0.05) is 23.4 Å². The lowest BCUT2D eigenvalue weighted by atomic mass is 10.1. The summed E-state index contributed by atoms with van der Waals surface area (Å²) in [4.78, 5) is 13.3. The largest absolute Gasteiger partial charge is 0.493 e. The molecule has 0 saturated carbocycles. The number of nitrogens with one attached hydrogen (secondary N) is 1. The Labute approximate surface area is 186 Å². The Bertz CT molecular complexity index is 1200. The molecule has 32 heavy (non-hydrogen) atoms. The topological polar surface area (TPSA) is 74.6 Å². The summed E-state index contributed by atoms with van der Waals surface area (Å²) in [6.45, 7) is 0. The summed E-state index contributed by atoms with van der Waals surface area (Å²) in [6.07, 6.45) is 0. The summed E-state index contributed by atoms with van der Waals surface area (Å²) in [7, 11) is 4.58. The van der Waals surface area contributed by atoms with Crippen LogP contribution in [-0.4, -0.2) is 37.0 Å². The number of methoxy groups -OCH3 is 3. The molecule has 0 unspecified atom stereocenters. The van der Waals surface area contributed by atoms with E-state index in [0.717, 1.165) is 11.3 Å². The van der Waals surface area contributed by atoms with Crippen molar-refractivity contribution in [1.29, 1.82) is 0 Å². The molecular formula is C25H23N3O4. The Morgan fingerprint density at radius 1 is 0.812 bits per heavy atom. The fourth-order valence-electron chi connectivity index (χ4n) is 3.41. The zero-order valence-corrected chi connectivity index (χ0v) is 18.0. The van der Waals surface area contributed by atoms with Crippen LogP contribution in [0.25, 0.3) is 16.9 Å². The number of anilines is 1. The molecule has 0 atom stereocenters. The van der Waals surface area contributed by atoms with Crippen LogP contribution in [0.2, 0.25) is 0 Å². The molecule has 0 spiro atoms. The Kier molecular flexibility index (Phi) is 6.07. The first-order valence-corrected chi connectivity index (χ1v) is 9.97. The molecule has 1 heterocycles. The highest BCUT2D eigenvalue weighted by Gasteiger charge is 2.20. The quantitative estimate of drug-likeness (QED) is 0.456. The van der Waals surface area contributed by atoms with Gasteiger partial charge in [-0.15, -0.1) is 0 Å². The summed E-state index contributed by atoms with van der Waals surface area (Å²) in [6, 6.07) is 24.4. The SMILES string of the molecule is COc1cc(NC(=O)c2cc(-c3ccccc3)nn2-c2ccccc2)cc(OC)c1OC. The zero-order chi connectivity index (χ0) is 22.5. The van der Waals surface area contributed by atoms with E-state index >= 15 is 0 Å². The van der Waals surface area contributed by atoms with Crippen LogP contribution in [0.15, 0.2) is 78.9 Å². The van der Waals surface area contributed by atoms with Gasteiger partial charge in [0.2, 0.25) is 5.75 Å². The molecule has 0 bridgehead atoms. The van der Waals surface area contributed by atoms with Crippen molar-refractivity contribution in [2.24, 2.45) is 0 Å². The van der Waals surface area contributed by atoms with Crippen LogP contribution in [0, 0.1) is 0 Å². The molecule has 1 aromatic heterocycles. The van der Waals surface area contributed by atoms with Crippen molar-refractivity contribution in [2.45, 2.75) is 0 Å². The highest BCUT2D eigenvalue weighted by Crippen LogP contribution is 2.40. The van der Waals surface area contributed by atoms with E-state index in [1.165, 1.54) is 21.3 Å². The van der Waals surface area contributed by atoms with Crippen molar-refractivity contribution in [3.8, 4) is 34.2 Å². The first-order valence-electron chi connectivity index (χ1n) is 9.97. The molecular weight excluding hydrogens is 406 g/mol. The summed E-state index contributed by atoms with van der Waals surface area (Å²) in [5, 5.41) is 7.61. The van der Waals surface area contributed by atoms with Crippen molar-refractivity contribution in [2.75, 3.05) is 26.6 Å². The minimum absolute atomic E-state index is 0.321. The lowest BCUT2D eigenvalue weighted by Crippen LogP contribution is -2.17. The van der Waals surface area contributed by atoms with Gasteiger partial charge in [-0.1, -0.05) is 48.5 Å². The van der Waals surface area contributed by atoms with Crippen LogP contribution in [-0.2, 0) is 0 Å². The van der Waals surface area contributed by atoms with Gasteiger partial charge in [0.25, 0.3) is 5.91 Å². The number of nitrogens with zero attached hydrogens (tertiary/aromatic N) is 2. The molecule has 162 valence electrons. The molecule has 4 aromatic rings. The third kappa shape index (κ3) is 4.13. The van der Waals surface area contributed by atoms with Crippen LogP contribution >= 0.6 is 0 Å². The molecule has 0 aliphatic heterocycles. The first kappa shape index (κ1) is 21.0. The van der Waals surface area contributed by atoms with Crippen LogP contribution in [0.1, 0.15) is 10.5 Å². The maximum Gasteiger partial charge on any atom is 0.274 e. The highest BCUT2D eigenvalue weighted by atomic mass is 16.5. The monoisotopic (exact) mass is 429 g/mol. The van der Waals surface area contributed by atoms with E-state index in [4.69, 9.17) is 19.3 Å².